The van der Waals surface area contributed by atoms with E-state index in [9.17, 15) is 27.9 Å². The highest BCUT2D eigenvalue weighted by molar-refractivity contribution is 9.10. The Morgan fingerprint density at radius 2 is 1.64 bits per heavy atom. The fraction of sp³-hybridized carbons (Fsp3) is 0.286. The van der Waals surface area contributed by atoms with Gasteiger partial charge in [-0.3, -0.25) is 19.4 Å². The molecule has 0 atom stereocenters. The number of carbonyl (C=O) groups is 3. The number of aliphatic hydroxyl groups excluding tert-OH is 1. The van der Waals surface area contributed by atoms with Gasteiger partial charge in [0, 0.05) is 76.5 Å². The van der Waals surface area contributed by atoms with Crippen LogP contribution in [0.25, 0.3) is 10.9 Å². The first-order chi connectivity index (χ1) is 27.8. The summed E-state index contributed by atoms with van der Waals surface area (Å²) in [5.74, 6) is -0.545. The number of aromatic nitrogens is 1. The van der Waals surface area contributed by atoms with Gasteiger partial charge in [0.2, 0.25) is 15.9 Å². The number of benzene rings is 4. The van der Waals surface area contributed by atoms with Gasteiger partial charge >= 0.3 is 0 Å². The average Bonchev–Trinajstić information content (AvgIpc) is 3.21. The number of piperidine rings is 1. The SMILES string of the molecule is COc1ccc(S(=O)(=O)N(CCNc2cc(C)nc3ccc(Cl)cc23)CCC(=O)Nc2ccc(C(=O)N3CCC(O)CC3)cc2OCC(=O)c2ccc(Br)cc2)cc1. The number of hydrogen-bond acceptors (Lipinski definition) is 10. The van der Waals surface area contributed by atoms with Gasteiger partial charge in [-0.15, -0.1) is 0 Å². The molecule has 6 rings (SSSR count). The normalized spacial score (nSPS) is 13.4. The molecular weight excluding hydrogens is 850 g/mol. The van der Waals surface area contributed by atoms with Crippen molar-refractivity contribution in [1.82, 2.24) is 14.2 Å². The fourth-order valence-corrected chi connectivity index (χ4v) is 8.35. The highest BCUT2D eigenvalue weighted by atomic mass is 79.9. The maximum Gasteiger partial charge on any atom is 0.253 e. The molecule has 4 aromatic carbocycles. The van der Waals surface area contributed by atoms with Crippen LogP contribution >= 0.6 is 27.5 Å². The number of ether oxygens (including phenoxy) is 2. The third kappa shape index (κ3) is 10.7. The molecule has 5 aromatic rings. The molecule has 2 heterocycles. The van der Waals surface area contributed by atoms with Crippen LogP contribution in [0.4, 0.5) is 11.4 Å². The number of nitrogens with one attached hydrogen (secondary N) is 2. The Bertz CT molecular complexity index is 2390. The van der Waals surface area contributed by atoms with Crippen LogP contribution in [0.15, 0.2) is 100 Å². The van der Waals surface area contributed by atoms with Crippen molar-refractivity contribution in [2.24, 2.45) is 0 Å². The highest BCUT2D eigenvalue weighted by Crippen LogP contribution is 2.29. The lowest BCUT2D eigenvalue weighted by Crippen LogP contribution is -2.40. The fourth-order valence-electron chi connectivity index (χ4n) is 6.47. The standard InChI is InChI=1S/C42H43BrClN5O8S/c1-27-23-38(35-25-31(44)8-14-36(35)46-27)45-18-22-49(58(54,55)34-11-9-33(56-2)10-12-34)21-17-41(52)47-37-13-5-29(42(53)48-19-15-32(50)16-20-48)24-40(37)57-26-39(51)28-3-6-30(43)7-4-28/h3-14,23-25,32,50H,15-22,26H2,1-2H3,(H,45,46)(H,47,52). The first-order valence-corrected chi connectivity index (χ1v) is 21.2. The average molecular weight is 893 g/mol. The van der Waals surface area contributed by atoms with Crippen LogP contribution in [0.3, 0.4) is 0 Å². The molecular formula is C42H43BrClN5O8S. The number of hydrogen-bond donors (Lipinski definition) is 3. The first kappa shape index (κ1) is 42.5. The Morgan fingerprint density at radius 3 is 2.34 bits per heavy atom. The van der Waals surface area contributed by atoms with Gasteiger partial charge in [0.15, 0.2) is 12.4 Å². The number of Topliss-reactive ketones (excluding diaryl/α,β-unsaturated/α-hetero) is 1. The lowest BCUT2D eigenvalue weighted by Gasteiger charge is -2.29. The predicted molar refractivity (Wildman–Crippen MR) is 227 cm³/mol. The zero-order valence-corrected chi connectivity index (χ0v) is 35.1. The third-order valence-electron chi connectivity index (χ3n) is 9.64. The second kappa shape index (κ2) is 19.1. The summed E-state index contributed by atoms with van der Waals surface area (Å²) < 4.78 is 41.3. The van der Waals surface area contributed by atoms with E-state index in [4.69, 9.17) is 21.1 Å². The Balaban J connectivity index is 1.20. The Hall–Kier alpha value is -5.06. The molecule has 58 heavy (non-hydrogen) atoms. The van der Waals surface area contributed by atoms with E-state index in [2.05, 4.69) is 31.5 Å². The Morgan fingerprint density at radius 1 is 0.931 bits per heavy atom. The predicted octanol–water partition coefficient (Wildman–Crippen LogP) is 6.96. The number of fused-ring (bicyclic) bond motifs is 1. The van der Waals surface area contributed by atoms with Crippen molar-refractivity contribution in [2.75, 3.05) is 57.1 Å². The molecule has 1 aliphatic rings. The number of sulfonamides is 1. The molecule has 1 fully saturated rings. The summed E-state index contributed by atoms with van der Waals surface area (Å²) in [6, 6.07) is 24.5. The second-order valence-electron chi connectivity index (χ2n) is 13.7. The zero-order valence-electron chi connectivity index (χ0n) is 31.9. The number of rotatable bonds is 16. The van der Waals surface area contributed by atoms with E-state index < -0.39 is 22.0 Å². The van der Waals surface area contributed by atoms with Crippen molar-refractivity contribution in [3.8, 4) is 11.5 Å². The molecule has 2 amide bonds. The highest BCUT2D eigenvalue weighted by Gasteiger charge is 2.27. The number of carbonyl (C=O) groups excluding carboxylic acids is 3. The number of amides is 2. The Labute approximate surface area is 350 Å². The van der Waals surface area contributed by atoms with Crippen LogP contribution in [0, 0.1) is 6.92 Å². The number of aryl methyl sites for hydroxylation is 1. The largest absolute Gasteiger partial charge is 0.497 e. The van der Waals surface area contributed by atoms with E-state index in [0.29, 0.717) is 42.3 Å². The number of pyridine rings is 1. The molecule has 13 nitrogen and oxygen atoms in total. The molecule has 3 N–H and O–H groups in total. The van der Waals surface area contributed by atoms with Crippen LogP contribution in [-0.2, 0) is 14.8 Å². The maximum atomic E-state index is 14.0. The lowest BCUT2D eigenvalue weighted by atomic mass is 10.1. The van der Waals surface area contributed by atoms with E-state index in [1.165, 1.54) is 35.7 Å². The van der Waals surface area contributed by atoms with Gasteiger partial charge in [-0.1, -0.05) is 39.7 Å². The third-order valence-corrected chi connectivity index (χ3v) is 12.3. The molecule has 1 aromatic heterocycles. The minimum absolute atomic E-state index is 0.00192. The van der Waals surface area contributed by atoms with Crippen LogP contribution < -0.4 is 20.1 Å². The topological polar surface area (TPSA) is 167 Å². The lowest BCUT2D eigenvalue weighted by molar-refractivity contribution is -0.116. The van der Waals surface area contributed by atoms with Crippen molar-refractivity contribution >= 4 is 77.4 Å². The summed E-state index contributed by atoms with van der Waals surface area (Å²) in [5.41, 5.74) is 3.12. The molecule has 0 spiro atoms. The van der Waals surface area contributed by atoms with Crippen molar-refractivity contribution in [3.63, 3.8) is 0 Å². The summed E-state index contributed by atoms with van der Waals surface area (Å²) in [6.07, 6.45) is 0.216. The molecule has 0 bridgehead atoms. The minimum atomic E-state index is -4.09. The summed E-state index contributed by atoms with van der Waals surface area (Å²) in [5, 5.41) is 17.4. The van der Waals surface area contributed by atoms with E-state index in [0.717, 1.165) is 26.8 Å². The summed E-state index contributed by atoms with van der Waals surface area (Å²) in [6.45, 7) is 2.27. The van der Waals surface area contributed by atoms with Crippen LogP contribution in [0.5, 0.6) is 11.5 Å². The quantitative estimate of drug-likeness (QED) is 0.0882. The second-order valence-corrected chi connectivity index (χ2v) is 17.0. The monoisotopic (exact) mass is 891 g/mol. The molecule has 0 aliphatic carbocycles. The number of nitrogens with zero attached hydrogens (tertiary/aromatic N) is 3. The number of halogens is 2. The van der Waals surface area contributed by atoms with Gasteiger partial charge in [0.05, 0.1) is 29.3 Å². The van der Waals surface area contributed by atoms with Gasteiger partial charge < -0.3 is 30.1 Å². The zero-order chi connectivity index (χ0) is 41.4. The number of methoxy groups -OCH3 is 1. The Kier molecular flexibility index (Phi) is 14.0. The summed E-state index contributed by atoms with van der Waals surface area (Å²) in [4.78, 5) is 46.3. The van der Waals surface area contributed by atoms with Crippen molar-refractivity contribution in [1.29, 1.82) is 0 Å². The van der Waals surface area contributed by atoms with Crippen LogP contribution in [0.1, 0.15) is 45.7 Å². The minimum Gasteiger partial charge on any atom is -0.497 e. The number of aliphatic hydroxyl groups is 1. The molecule has 1 aliphatic heterocycles. The van der Waals surface area contributed by atoms with Gasteiger partial charge in [-0.25, -0.2) is 8.42 Å². The number of likely N-dealkylation sites (tertiary alicyclic amines) is 1. The summed E-state index contributed by atoms with van der Waals surface area (Å²) in [7, 11) is -2.60. The van der Waals surface area contributed by atoms with Crippen molar-refractivity contribution < 1.29 is 37.4 Å². The van der Waals surface area contributed by atoms with Crippen LogP contribution in [0.2, 0.25) is 5.02 Å². The van der Waals surface area contributed by atoms with E-state index >= 15 is 0 Å². The number of anilines is 2. The van der Waals surface area contributed by atoms with Gasteiger partial charge in [0.1, 0.15) is 11.5 Å². The molecule has 304 valence electrons. The molecule has 0 unspecified atom stereocenters. The van der Waals surface area contributed by atoms with Crippen molar-refractivity contribution in [2.45, 2.75) is 37.2 Å². The van der Waals surface area contributed by atoms with Gasteiger partial charge in [-0.05, 0) is 98.6 Å². The van der Waals surface area contributed by atoms with Gasteiger partial charge in [-0.2, -0.15) is 4.31 Å². The smallest absolute Gasteiger partial charge is 0.253 e. The van der Waals surface area contributed by atoms with E-state index in [-0.39, 0.29) is 66.2 Å². The molecule has 16 heteroatoms. The molecule has 1 saturated heterocycles. The van der Waals surface area contributed by atoms with E-state index in [1.54, 1.807) is 59.5 Å². The summed E-state index contributed by atoms with van der Waals surface area (Å²) >= 11 is 9.64. The molecule has 0 radical (unpaired) electrons. The van der Waals surface area contributed by atoms with E-state index in [1.807, 2.05) is 19.1 Å². The van der Waals surface area contributed by atoms with Crippen molar-refractivity contribution in [3.05, 3.63) is 117 Å². The van der Waals surface area contributed by atoms with Crippen LogP contribution in [-0.4, -0.2) is 97.9 Å². The first-order valence-electron chi connectivity index (χ1n) is 18.6. The number of ketones is 1. The molecule has 0 saturated carbocycles. The van der Waals surface area contributed by atoms with Gasteiger partial charge in [0.25, 0.3) is 5.91 Å². The maximum absolute atomic E-state index is 14.0.